The van der Waals surface area contributed by atoms with E-state index in [0.717, 1.165) is 11.5 Å². The van der Waals surface area contributed by atoms with Gasteiger partial charge in [0.05, 0.1) is 13.7 Å². The van der Waals surface area contributed by atoms with Crippen molar-refractivity contribution in [3.05, 3.63) is 24.3 Å². The Hall–Kier alpha value is -2.28. The molecule has 0 saturated carbocycles. The Morgan fingerprint density at radius 2 is 2.00 bits per heavy atom. The fourth-order valence-corrected chi connectivity index (χ4v) is 2.10. The average molecular weight is 307 g/mol. The van der Waals surface area contributed by atoms with Gasteiger partial charge in [-0.25, -0.2) is 4.79 Å². The largest absolute Gasteiger partial charge is 0.497 e. The van der Waals surface area contributed by atoms with E-state index in [1.165, 1.54) is 4.90 Å². The summed E-state index contributed by atoms with van der Waals surface area (Å²) in [6.07, 6.45) is 0. The highest BCUT2D eigenvalue weighted by Gasteiger charge is 2.26. The summed E-state index contributed by atoms with van der Waals surface area (Å²) in [5.74, 6) is 1.33. The molecular formula is C15H21N3O4. The number of carbonyl (C=O) groups excluding carboxylic acids is 2. The number of amides is 3. The average Bonchev–Trinajstić information content (AvgIpc) is 2.94. The Balaban J connectivity index is 1.69. The van der Waals surface area contributed by atoms with Crippen molar-refractivity contribution in [2.45, 2.75) is 0 Å². The zero-order valence-corrected chi connectivity index (χ0v) is 12.9. The van der Waals surface area contributed by atoms with Gasteiger partial charge in [0.25, 0.3) is 0 Å². The van der Waals surface area contributed by atoms with Crippen molar-refractivity contribution in [1.82, 2.24) is 15.1 Å². The predicted molar refractivity (Wildman–Crippen MR) is 81.1 cm³/mol. The molecule has 2 rings (SSSR count). The standard InChI is InChI=1S/C15H21N3O4/c1-17(11-14(19)18-8-7-16-15(18)20)9-10-22-13-5-3-12(21-2)4-6-13/h3-6H,7-11H2,1-2H3,(H,16,20). The van der Waals surface area contributed by atoms with Gasteiger partial charge in [0.2, 0.25) is 5.91 Å². The normalized spacial score (nSPS) is 14.1. The third-order valence-corrected chi connectivity index (χ3v) is 3.36. The topological polar surface area (TPSA) is 71.1 Å². The molecule has 1 aromatic carbocycles. The van der Waals surface area contributed by atoms with E-state index in [-0.39, 0.29) is 18.5 Å². The summed E-state index contributed by atoms with van der Waals surface area (Å²) in [6.45, 7) is 2.21. The number of urea groups is 1. The second-order valence-corrected chi connectivity index (χ2v) is 5.04. The zero-order chi connectivity index (χ0) is 15.9. The first-order valence-electron chi connectivity index (χ1n) is 7.14. The third kappa shape index (κ3) is 4.36. The molecule has 0 radical (unpaired) electrons. The van der Waals surface area contributed by atoms with Crippen molar-refractivity contribution in [2.24, 2.45) is 0 Å². The lowest BCUT2D eigenvalue weighted by Crippen LogP contribution is -2.41. The Bertz CT molecular complexity index is 518. The number of ether oxygens (including phenoxy) is 2. The number of benzene rings is 1. The first-order valence-corrected chi connectivity index (χ1v) is 7.14. The van der Waals surface area contributed by atoms with Crippen LogP contribution in [-0.2, 0) is 4.79 Å². The Labute approximate surface area is 129 Å². The number of rotatable bonds is 7. The number of imide groups is 1. The maximum Gasteiger partial charge on any atom is 0.324 e. The van der Waals surface area contributed by atoms with Crippen LogP contribution in [0.5, 0.6) is 11.5 Å². The summed E-state index contributed by atoms with van der Waals surface area (Å²) in [6, 6.07) is 7.01. The number of nitrogens with zero attached hydrogens (tertiary/aromatic N) is 2. The van der Waals surface area contributed by atoms with E-state index >= 15 is 0 Å². The van der Waals surface area contributed by atoms with Crippen molar-refractivity contribution < 1.29 is 19.1 Å². The molecule has 7 nitrogen and oxygen atoms in total. The lowest BCUT2D eigenvalue weighted by atomic mass is 10.3. The van der Waals surface area contributed by atoms with Gasteiger partial charge in [-0.3, -0.25) is 14.6 Å². The van der Waals surface area contributed by atoms with Crippen LogP contribution in [0.2, 0.25) is 0 Å². The predicted octanol–water partition coefficient (Wildman–Crippen LogP) is 0.558. The van der Waals surface area contributed by atoms with Crippen molar-refractivity contribution in [2.75, 3.05) is 46.9 Å². The van der Waals surface area contributed by atoms with Gasteiger partial charge >= 0.3 is 6.03 Å². The van der Waals surface area contributed by atoms with E-state index < -0.39 is 0 Å². The molecule has 1 aromatic rings. The fourth-order valence-electron chi connectivity index (χ4n) is 2.10. The van der Waals surface area contributed by atoms with Crippen LogP contribution in [0, 0.1) is 0 Å². The van der Waals surface area contributed by atoms with Crippen LogP contribution in [-0.4, -0.2) is 68.7 Å². The minimum atomic E-state index is -0.312. The Kier molecular flexibility index (Phi) is 5.60. The van der Waals surface area contributed by atoms with E-state index in [2.05, 4.69) is 5.32 Å². The summed E-state index contributed by atoms with van der Waals surface area (Å²) in [7, 11) is 3.44. The third-order valence-electron chi connectivity index (χ3n) is 3.36. The van der Waals surface area contributed by atoms with E-state index in [4.69, 9.17) is 9.47 Å². The highest BCUT2D eigenvalue weighted by molar-refractivity contribution is 5.96. The molecule has 1 N–H and O–H groups in total. The molecule has 22 heavy (non-hydrogen) atoms. The van der Waals surface area contributed by atoms with Gasteiger partial charge in [0, 0.05) is 19.6 Å². The quantitative estimate of drug-likeness (QED) is 0.797. The van der Waals surface area contributed by atoms with Crippen LogP contribution < -0.4 is 14.8 Å². The molecule has 1 heterocycles. The second kappa shape index (κ2) is 7.65. The molecule has 0 bridgehead atoms. The van der Waals surface area contributed by atoms with E-state index in [0.29, 0.717) is 26.2 Å². The van der Waals surface area contributed by atoms with Crippen LogP contribution in [0.4, 0.5) is 4.79 Å². The van der Waals surface area contributed by atoms with Crippen LogP contribution in [0.3, 0.4) is 0 Å². The van der Waals surface area contributed by atoms with Crippen LogP contribution in [0.25, 0.3) is 0 Å². The maximum atomic E-state index is 11.9. The smallest absolute Gasteiger partial charge is 0.324 e. The van der Waals surface area contributed by atoms with E-state index in [1.807, 2.05) is 36.2 Å². The van der Waals surface area contributed by atoms with Crippen LogP contribution >= 0.6 is 0 Å². The molecule has 3 amide bonds. The highest BCUT2D eigenvalue weighted by atomic mass is 16.5. The minimum Gasteiger partial charge on any atom is -0.497 e. The molecule has 7 heteroatoms. The van der Waals surface area contributed by atoms with Gasteiger partial charge in [-0.15, -0.1) is 0 Å². The number of nitrogens with one attached hydrogen (secondary N) is 1. The van der Waals surface area contributed by atoms with Crippen LogP contribution in [0.15, 0.2) is 24.3 Å². The molecule has 0 aliphatic carbocycles. The summed E-state index contributed by atoms with van der Waals surface area (Å²) in [5.41, 5.74) is 0. The summed E-state index contributed by atoms with van der Waals surface area (Å²) < 4.78 is 10.7. The molecule has 1 saturated heterocycles. The SMILES string of the molecule is COc1ccc(OCCN(C)CC(=O)N2CCNC2=O)cc1. The molecule has 120 valence electrons. The lowest BCUT2D eigenvalue weighted by Gasteiger charge is -2.19. The first kappa shape index (κ1) is 16.1. The van der Waals surface area contributed by atoms with Crippen molar-refractivity contribution in [1.29, 1.82) is 0 Å². The second-order valence-electron chi connectivity index (χ2n) is 5.04. The first-order chi connectivity index (χ1) is 10.6. The Morgan fingerprint density at radius 1 is 1.32 bits per heavy atom. The summed E-state index contributed by atoms with van der Waals surface area (Å²) in [5, 5.41) is 2.61. The highest BCUT2D eigenvalue weighted by Crippen LogP contribution is 2.16. The molecule has 1 aliphatic heterocycles. The molecule has 0 spiro atoms. The molecular weight excluding hydrogens is 286 g/mol. The van der Waals surface area contributed by atoms with Gasteiger partial charge < -0.3 is 14.8 Å². The number of likely N-dealkylation sites (N-methyl/N-ethyl adjacent to an activating group) is 1. The lowest BCUT2D eigenvalue weighted by molar-refractivity contribution is -0.128. The van der Waals surface area contributed by atoms with Gasteiger partial charge in [-0.2, -0.15) is 0 Å². The fraction of sp³-hybridized carbons (Fsp3) is 0.467. The molecule has 0 aromatic heterocycles. The van der Waals surface area contributed by atoms with E-state index in [1.54, 1.807) is 7.11 Å². The molecule has 1 aliphatic rings. The van der Waals surface area contributed by atoms with Gasteiger partial charge in [-0.1, -0.05) is 0 Å². The van der Waals surface area contributed by atoms with Crippen molar-refractivity contribution in [3.8, 4) is 11.5 Å². The zero-order valence-electron chi connectivity index (χ0n) is 12.9. The number of carbonyl (C=O) groups is 2. The number of methoxy groups -OCH3 is 1. The molecule has 0 unspecified atom stereocenters. The number of hydrogen-bond acceptors (Lipinski definition) is 5. The van der Waals surface area contributed by atoms with Gasteiger partial charge in [0.15, 0.2) is 0 Å². The van der Waals surface area contributed by atoms with Gasteiger partial charge in [-0.05, 0) is 31.3 Å². The minimum absolute atomic E-state index is 0.193. The monoisotopic (exact) mass is 307 g/mol. The van der Waals surface area contributed by atoms with E-state index in [9.17, 15) is 9.59 Å². The number of hydrogen-bond donors (Lipinski definition) is 1. The van der Waals surface area contributed by atoms with Gasteiger partial charge in [0.1, 0.15) is 18.1 Å². The Morgan fingerprint density at radius 3 is 2.59 bits per heavy atom. The summed E-state index contributed by atoms with van der Waals surface area (Å²) >= 11 is 0. The van der Waals surface area contributed by atoms with Crippen molar-refractivity contribution >= 4 is 11.9 Å². The van der Waals surface area contributed by atoms with Crippen LogP contribution in [0.1, 0.15) is 0 Å². The molecule has 0 atom stereocenters. The summed E-state index contributed by atoms with van der Waals surface area (Å²) in [4.78, 5) is 26.4. The molecule has 1 fully saturated rings. The van der Waals surface area contributed by atoms with Crippen molar-refractivity contribution in [3.63, 3.8) is 0 Å². The maximum absolute atomic E-state index is 11.9.